The van der Waals surface area contributed by atoms with Crippen LogP contribution in [0.15, 0.2) is 36.7 Å². The van der Waals surface area contributed by atoms with Crippen molar-refractivity contribution in [1.82, 2.24) is 30.8 Å². The Balaban J connectivity index is 1.56. The lowest BCUT2D eigenvalue weighted by atomic mass is 9.96. The molecule has 0 saturated heterocycles. The van der Waals surface area contributed by atoms with E-state index in [9.17, 15) is 14.4 Å². The van der Waals surface area contributed by atoms with Crippen LogP contribution < -0.4 is 10.6 Å². The Kier molecular flexibility index (Phi) is 7.47. The molecule has 10 heteroatoms. The standard InChI is InChI=1S/C20H26N6O4/c1-14(18(27)23-20(29)22-16-10-6-3-7-11-16)30-19(28)17(26-13-21-24-25-26)12-15-8-4-2-5-9-15/h2,4-5,8-9,13-14,16-17H,3,6-7,10-12H2,1H3,(H2,22,23,27,29)/t14-,17-/m0/s1. The maximum atomic E-state index is 12.7. The molecule has 1 aliphatic carbocycles. The zero-order valence-corrected chi connectivity index (χ0v) is 16.9. The van der Waals surface area contributed by atoms with Gasteiger partial charge < -0.3 is 10.1 Å². The number of urea groups is 1. The van der Waals surface area contributed by atoms with Crippen molar-refractivity contribution in [2.45, 2.75) is 63.6 Å². The van der Waals surface area contributed by atoms with Crippen LogP contribution in [0.4, 0.5) is 4.79 Å². The second-order valence-corrected chi connectivity index (χ2v) is 7.37. The normalized spacial score (nSPS) is 16.3. The van der Waals surface area contributed by atoms with Crippen molar-refractivity contribution in [1.29, 1.82) is 0 Å². The number of hydrogen-bond acceptors (Lipinski definition) is 7. The maximum absolute atomic E-state index is 12.7. The highest BCUT2D eigenvalue weighted by atomic mass is 16.5. The van der Waals surface area contributed by atoms with Gasteiger partial charge in [0.05, 0.1) is 0 Å². The third-order valence-corrected chi connectivity index (χ3v) is 5.07. The number of aromatic nitrogens is 4. The van der Waals surface area contributed by atoms with Crippen LogP contribution >= 0.6 is 0 Å². The number of nitrogens with one attached hydrogen (secondary N) is 2. The molecular weight excluding hydrogens is 388 g/mol. The van der Waals surface area contributed by atoms with Gasteiger partial charge in [-0.25, -0.2) is 14.3 Å². The number of rotatable bonds is 7. The van der Waals surface area contributed by atoms with Crippen LogP contribution in [0.3, 0.4) is 0 Å². The van der Waals surface area contributed by atoms with Crippen molar-refractivity contribution >= 4 is 17.9 Å². The summed E-state index contributed by atoms with van der Waals surface area (Å²) >= 11 is 0. The van der Waals surface area contributed by atoms with Gasteiger partial charge in [-0.3, -0.25) is 10.1 Å². The SMILES string of the molecule is C[C@H](OC(=O)[C@H](Cc1ccccc1)n1cnnn1)C(=O)NC(=O)NC1CCCCC1. The predicted octanol–water partition coefficient (Wildman–Crippen LogP) is 1.55. The first kappa shape index (κ1) is 21.4. The van der Waals surface area contributed by atoms with Crippen LogP contribution in [0, 0.1) is 0 Å². The van der Waals surface area contributed by atoms with Gasteiger partial charge in [-0.15, -0.1) is 5.10 Å². The molecule has 1 aromatic heterocycles. The Hall–Kier alpha value is -3.30. The highest BCUT2D eigenvalue weighted by molar-refractivity contribution is 5.97. The summed E-state index contributed by atoms with van der Waals surface area (Å²) in [5, 5.41) is 16.0. The van der Waals surface area contributed by atoms with Gasteiger partial charge in [-0.1, -0.05) is 49.6 Å². The lowest BCUT2D eigenvalue weighted by molar-refractivity contribution is -0.158. The second kappa shape index (κ2) is 10.5. The molecule has 1 heterocycles. The summed E-state index contributed by atoms with van der Waals surface area (Å²) in [6.07, 6.45) is 5.55. The average Bonchev–Trinajstić information content (AvgIpc) is 3.27. The molecule has 2 aromatic rings. The molecule has 0 unspecified atom stereocenters. The molecule has 1 aliphatic rings. The van der Waals surface area contributed by atoms with Gasteiger partial charge in [-0.05, 0) is 35.8 Å². The molecule has 3 amide bonds. The number of ether oxygens (including phenoxy) is 1. The lowest BCUT2D eigenvalue weighted by Gasteiger charge is -2.23. The minimum Gasteiger partial charge on any atom is -0.451 e. The number of benzene rings is 1. The van der Waals surface area contributed by atoms with Crippen molar-refractivity contribution in [3.63, 3.8) is 0 Å². The van der Waals surface area contributed by atoms with Gasteiger partial charge in [0.2, 0.25) is 0 Å². The van der Waals surface area contributed by atoms with Crippen molar-refractivity contribution in [3.05, 3.63) is 42.2 Å². The van der Waals surface area contributed by atoms with Crippen LogP contribution in [0.25, 0.3) is 0 Å². The van der Waals surface area contributed by atoms with E-state index in [2.05, 4.69) is 26.2 Å². The first-order valence-corrected chi connectivity index (χ1v) is 10.1. The summed E-state index contributed by atoms with van der Waals surface area (Å²) in [4.78, 5) is 37.1. The fourth-order valence-electron chi connectivity index (χ4n) is 3.42. The number of imide groups is 1. The molecule has 3 rings (SSSR count). The zero-order chi connectivity index (χ0) is 21.3. The van der Waals surface area contributed by atoms with Gasteiger partial charge in [0.1, 0.15) is 6.33 Å². The molecule has 30 heavy (non-hydrogen) atoms. The molecule has 160 valence electrons. The van der Waals surface area contributed by atoms with Crippen LogP contribution in [0.1, 0.15) is 50.6 Å². The molecule has 0 radical (unpaired) electrons. The maximum Gasteiger partial charge on any atom is 0.332 e. The summed E-state index contributed by atoms with van der Waals surface area (Å²) in [5.74, 6) is -1.35. The van der Waals surface area contributed by atoms with Crippen molar-refractivity contribution in [3.8, 4) is 0 Å². The van der Waals surface area contributed by atoms with E-state index in [1.165, 1.54) is 17.9 Å². The third kappa shape index (κ3) is 6.10. The number of hydrogen-bond donors (Lipinski definition) is 2. The molecule has 0 aliphatic heterocycles. The summed E-state index contributed by atoms with van der Waals surface area (Å²) in [5.41, 5.74) is 0.888. The summed E-state index contributed by atoms with van der Waals surface area (Å²) < 4.78 is 6.60. The quantitative estimate of drug-likeness (QED) is 0.658. The van der Waals surface area contributed by atoms with Gasteiger partial charge in [0.15, 0.2) is 12.1 Å². The molecule has 1 aromatic carbocycles. The van der Waals surface area contributed by atoms with Gasteiger partial charge >= 0.3 is 12.0 Å². The monoisotopic (exact) mass is 414 g/mol. The lowest BCUT2D eigenvalue weighted by Crippen LogP contribution is -2.48. The molecule has 0 spiro atoms. The Labute approximate surface area is 174 Å². The average molecular weight is 414 g/mol. The Morgan fingerprint density at radius 2 is 1.90 bits per heavy atom. The van der Waals surface area contributed by atoms with E-state index >= 15 is 0 Å². The topological polar surface area (TPSA) is 128 Å². The molecule has 10 nitrogen and oxygen atoms in total. The molecule has 2 atom stereocenters. The van der Waals surface area contributed by atoms with E-state index in [4.69, 9.17) is 4.74 Å². The number of tetrazole rings is 1. The largest absolute Gasteiger partial charge is 0.451 e. The summed E-state index contributed by atoms with van der Waals surface area (Å²) in [6.45, 7) is 1.42. The molecule has 2 N–H and O–H groups in total. The Morgan fingerprint density at radius 3 is 2.57 bits per heavy atom. The van der Waals surface area contributed by atoms with Crippen LogP contribution in [0.2, 0.25) is 0 Å². The highest BCUT2D eigenvalue weighted by Gasteiger charge is 2.28. The molecular formula is C20H26N6O4. The van der Waals surface area contributed by atoms with E-state index < -0.39 is 30.1 Å². The highest BCUT2D eigenvalue weighted by Crippen LogP contribution is 2.17. The van der Waals surface area contributed by atoms with E-state index in [0.717, 1.165) is 37.7 Å². The third-order valence-electron chi connectivity index (χ3n) is 5.07. The van der Waals surface area contributed by atoms with Crippen LogP contribution in [-0.4, -0.2) is 50.3 Å². The fourth-order valence-corrected chi connectivity index (χ4v) is 3.42. The smallest absolute Gasteiger partial charge is 0.332 e. The predicted molar refractivity (Wildman–Crippen MR) is 106 cm³/mol. The minimum atomic E-state index is -1.15. The van der Waals surface area contributed by atoms with Crippen molar-refractivity contribution in [2.75, 3.05) is 0 Å². The molecule has 1 saturated carbocycles. The van der Waals surface area contributed by atoms with Crippen molar-refractivity contribution in [2.24, 2.45) is 0 Å². The van der Waals surface area contributed by atoms with Crippen molar-refractivity contribution < 1.29 is 19.1 Å². The zero-order valence-electron chi connectivity index (χ0n) is 16.9. The van der Waals surface area contributed by atoms with E-state index in [1.54, 1.807) is 0 Å². The number of carbonyl (C=O) groups is 3. The second-order valence-electron chi connectivity index (χ2n) is 7.37. The number of esters is 1. The summed E-state index contributed by atoms with van der Waals surface area (Å²) in [7, 11) is 0. The Morgan fingerprint density at radius 1 is 1.17 bits per heavy atom. The first-order valence-electron chi connectivity index (χ1n) is 10.1. The van der Waals surface area contributed by atoms with E-state index in [-0.39, 0.29) is 6.04 Å². The number of nitrogens with zero attached hydrogens (tertiary/aromatic N) is 4. The van der Waals surface area contributed by atoms with Crippen LogP contribution in [-0.2, 0) is 20.7 Å². The van der Waals surface area contributed by atoms with Crippen LogP contribution in [0.5, 0.6) is 0 Å². The fraction of sp³-hybridized carbons (Fsp3) is 0.500. The number of amides is 3. The summed E-state index contributed by atoms with van der Waals surface area (Å²) in [6, 6.07) is 7.99. The van der Waals surface area contributed by atoms with Gasteiger partial charge in [0.25, 0.3) is 5.91 Å². The van der Waals surface area contributed by atoms with E-state index in [1.807, 2.05) is 30.3 Å². The number of carbonyl (C=O) groups excluding carboxylic acids is 3. The van der Waals surface area contributed by atoms with E-state index in [0.29, 0.717) is 6.42 Å². The minimum absolute atomic E-state index is 0.0690. The molecule has 1 fully saturated rings. The van der Waals surface area contributed by atoms with Gasteiger partial charge in [-0.2, -0.15) is 0 Å². The molecule has 0 bridgehead atoms. The van der Waals surface area contributed by atoms with Gasteiger partial charge in [0, 0.05) is 12.5 Å². The first-order chi connectivity index (χ1) is 14.5. The Bertz CT molecular complexity index is 836.